The predicted octanol–water partition coefficient (Wildman–Crippen LogP) is 0.849. The fourth-order valence-electron chi connectivity index (χ4n) is 2.28. The zero-order chi connectivity index (χ0) is 14.6. The Balaban J connectivity index is 1.87. The van der Waals surface area contributed by atoms with Crippen LogP contribution in [0.4, 0.5) is 5.69 Å². The third kappa shape index (κ3) is 4.23. The van der Waals surface area contributed by atoms with Crippen molar-refractivity contribution >= 4 is 21.4 Å². The molecule has 0 aromatic heterocycles. The Morgan fingerprint density at radius 1 is 1.15 bits per heavy atom. The minimum atomic E-state index is -2.97. The summed E-state index contributed by atoms with van der Waals surface area (Å²) in [5, 5.41) is 0. The van der Waals surface area contributed by atoms with Crippen LogP contribution in [0.25, 0.3) is 0 Å². The number of hydrogen-bond acceptors (Lipinski definition) is 4. The molecule has 110 valence electrons. The van der Waals surface area contributed by atoms with E-state index < -0.39 is 9.84 Å². The molecule has 1 saturated heterocycles. The number of nitrogens with zero attached hydrogens (tertiary/aromatic N) is 1. The van der Waals surface area contributed by atoms with Crippen LogP contribution in [0, 0.1) is 0 Å². The quantitative estimate of drug-likeness (QED) is 0.839. The lowest BCUT2D eigenvalue weighted by Crippen LogP contribution is -2.33. The summed E-state index contributed by atoms with van der Waals surface area (Å²) in [4.78, 5) is 13.8. The second-order valence-electron chi connectivity index (χ2n) is 5.13. The summed E-state index contributed by atoms with van der Waals surface area (Å²) >= 11 is 0. The van der Waals surface area contributed by atoms with Crippen molar-refractivity contribution in [3.8, 4) is 0 Å². The van der Waals surface area contributed by atoms with Crippen molar-refractivity contribution in [1.29, 1.82) is 0 Å². The van der Waals surface area contributed by atoms with E-state index in [9.17, 15) is 13.2 Å². The van der Waals surface area contributed by atoms with E-state index in [0.717, 1.165) is 5.56 Å². The second kappa shape index (κ2) is 6.26. The Kier molecular flexibility index (Phi) is 4.65. The van der Waals surface area contributed by atoms with Gasteiger partial charge < -0.3 is 10.6 Å². The van der Waals surface area contributed by atoms with Crippen LogP contribution in [0.5, 0.6) is 0 Å². The lowest BCUT2D eigenvalue weighted by molar-refractivity contribution is -0.130. The van der Waals surface area contributed by atoms with E-state index in [2.05, 4.69) is 0 Å². The smallest absolute Gasteiger partial charge is 0.222 e. The summed E-state index contributed by atoms with van der Waals surface area (Å²) in [6.07, 6.45) is 1.60. The van der Waals surface area contributed by atoms with Crippen molar-refractivity contribution in [3.05, 3.63) is 29.8 Å². The summed E-state index contributed by atoms with van der Waals surface area (Å²) in [7, 11) is -2.97. The highest BCUT2D eigenvalue weighted by Crippen LogP contribution is 2.11. The summed E-state index contributed by atoms with van der Waals surface area (Å²) in [6.45, 7) is 0.864. The van der Waals surface area contributed by atoms with Crippen LogP contribution in [0.1, 0.15) is 18.4 Å². The molecule has 1 aromatic carbocycles. The number of carbonyl (C=O) groups is 1. The molecule has 5 nitrogen and oxygen atoms in total. The summed E-state index contributed by atoms with van der Waals surface area (Å²) < 4.78 is 23.0. The molecule has 0 radical (unpaired) electrons. The lowest BCUT2D eigenvalue weighted by atomic mass is 10.1. The molecule has 1 fully saturated rings. The third-order valence-corrected chi connectivity index (χ3v) is 5.23. The molecule has 0 spiro atoms. The largest absolute Gasteiger partial charge is 0.399 e. The van der Waals surface area contributed by atoms with E-state index in [0.29, 0.717) is 38.0 Å². The molecule has 2 rings (SSSR count). The minimum absolute atomic E-state index is 0.0268. The molecule has 1 aliphatic rings. The first-order chi connectivity index (χ1) is 9.46. The van der Waals surface area contributed by atoms with Gasteiger partial charge in [0, 0.05) is 25.2 Å². The maximum absolute atomic E-state index is 12.1. The second-order valence-corrected chi connectivity index (χ2v) is 7.43. The third-order valence-electron chi connectivity index (χ3n) is 3.52. The van der Waals surface area contributed by atoms with Crippen LogP contribution < -0.4 is 5.73 Å². The van der Waals surface area contributed by atoms with Gasteiger partial charge in [-0.25, -0.2) is 8.42 Å². The van der Waals surface area contributed by atoms with E-state index in [1.165, 1.54) is 0 Å². The summed E-state index contributed by atoms with van der Waals surface area (Å²) in [5.41, 5.74) is 7.38. The number of anilines is 1. The number of sulfone groups is 1. The van der Waals surface area contributed by atoms with Crippen molar-refractivity contribution in [2.45, 2.75) is 19.3 Å². The van der Waals surface area contributed by atoms with E-state index in [-0.39, 0.29) is 17.4 Å². The zero-order valence-electron chi connectivity index (χ0n) is 11.4. The van der Waals surface area contributed by atoms with Crippen LogP contribution in [-0.2, 0) is 21.1 Å². The number of nitrogen functional groups attached to an aromatic ring is 1. The van der Waals surface area contributed by atoms with Gasteiger partial charge in [-0.3, -0.25) is 4.79 Å². The maximum Gasteiger partial charge on any atom is 0.222 e. The first-order valence-corrected chi connectivity index (χ1v) is 8.61. The molecule has 1 heterocycles. The van der Waals surface area contributed by atoms with Gasteiger partial charge in [-0.15, -0.1) is 0 Å². The zero-order valence-corrected chi connectivity index (χ0v) is 12.2. The molecule has 0 unspecified atom stereocenters. The number of carbonyl (C=O) groups excluding carboxylic acids is 1. The van der Waals surface area contributed by atoms with Crippen molar-refractivity contribution in [2.75, 3.05) is 30.3 Å². The summed E-state index contributed by atoms with van der Waals surface area (Å²) in [5.74, 6) is 0.300. The Morgan fingerprint density at radius 2 is 1.85 bits per heavy atom. The molecule has 1 aliphatic heterocycles. The first-order valence-electron chi connectivity index (χ1n) is 6.79. The van der Waals surface area contributed by atoms with Gasteiger partial charge in [-0.05, 0) is 30.5 Å². The van der Waals surface area contributed by atoms with Crippen LogP contribution in [0.2, 0.25) is 0 Å². The van der Waals surface area contributed by atoms with Crippen LogP contribution in [0.15, 0.2) is 24.3 Å². The van der Waals surface area contributed by atoms with E-state index in [1.54, 1.807) is 4.90 Å². The van der Waals surface area contributed by atoms with Gasteiger partial charge >= 0.3 is 0 Å². The molecule has 0 atom stereocenters. The fraction of sp³-hybridized carbons (Fsp3) is 0.500. The first kappa shape index (κ1) is 14.8. The van der Waals surface area contributed by atoms with Crippen LogP contribution >= 0.6 is 0 Å². The normalized spacial score (nSPS) is 18.5. The highest BCUT2D eigenvalue weighted by molar-refractivity contribution is 7.91. The molecule has 0 saturated carbocycles. The standard InChI is InChI=1S/C14H20N2O3S/c15-13-5-2-12(3-6-13)4-7-14(17)16-8-1-10-20(18,19)11-9-16/h2-3,5-6H,1,4,7-11,15H2. The van der Waals surface area contributed by atoms with Crippen molar-refractivity contribution in [2.24, 2.45) is 0 Å². The monoisotopic (exact) mass is 296 g/mol. The maximum atomic E-state index is 12.1. The molecule has 1 amide bonds. The Morgan fingerprint density at radius 3 is 2.55 bits per heavy atom. The molecular weight excluding hydrogens is 276 g/mol. The minimum Gasteiger partial charge on any atom is -0.399 e. The van der Waals surface area contributed by atoms with Gasteiger partial charge in [-0.2, -0.15) is 0 Å². The van der Waals surface area contributed by atoms with E-state index in [4.69, 9.17) is 5.73 Å². The number of hydrogen-bond donors (Lipinski definition) is 1. The average molecular weight is 296 g/mol. The van der Waals surface area contributed by atoms with Crippen molar-refractivity contribution in [3.63, 3.8) is 0 Å². The Hall–Kier alpha value is -1.56. The summed E-state index contributed by atoms with van der Waals surface area (Å²) in [6, 6.07) is 7.46. The number of benzene rings is 1. The molecular formula is C14H20N2O3S. The lowest BCUT2D eigenvalue weighted by Gasteiger charge is -2.19. The topological polar surface area (TPSA) is 80.5 Å². The molecule has 20 heavy (non-hydrogen) atoms. The number of aryl methyl sites for hydroxylation is 1. The number of nitrogens with two attached hydrogens (primary N) is 1. The van der Waals surface area contributed by atoms with Gasteiger partial charge in [-0.1, -0.05) is 12.1 Å². The van der Waals surface area contributed by atoms with Crippen LogP contribution in [-0.4, -0.2) is 43.8 Å². The molecule has 6 heteroatoms. The van der Waals surface area contributed by atoms with Gasteiger partial charge in [0.15, 0.2) is 9.84 Å². The van der Waals surface area contributed by atoms with Crippen molar-refractivity contribution < 1.29 is 13.2 Å². The van der Waals surface area contributed by atoms with E-state index in [1.807, 2.05) is 24.3 Å². The van der Waals surface area contributed by atoms with Crippen molar-refractivity contribution in [1.82, 2.24) is 4.90 Å². The highest BCUT2D eigenvalue weighted by Gasteiger charge is 2.22. The fourth-order valence-corrected chi connectivity index (χ4v) is 3.55. The molecule has 0 aliphatic carbocycles. The average Bonchev–Trinajstić information content (AvgIpc) is 2.59. The van der Waals surface area contributed by atoms with Gasteiger partial charge in [0.05, 0.1) is 11.5 Å². The SMILES string of the molecule is Nc1ccc(CCC(=O)N2CCCS(=O)(=O)CC2)cc1. The molecule has 0 bridgehead atoms. The van der Waals surface area contributed by atoms with E-state index >= 15 is 0 Å². The van der Waals surface area contributed by atoms with Gasteiger partial charge in [0.1, 0.15) is 0 Å². The number of amides is 1. The molecule has 2 N–H and O–H groups in total. The predicted molar refractivity (Wildman–Crippen MR) is 79.0 cm³/mol. The molecule has 1 aromatic rings. The van der Waals surface area contributed by atoms with Gasteiger partial charge in [0.25, 0.3) is 0 Å². The Bertz CT molecular complexity index is 567. The van der Waals surface area contributed by atoms with Gasteiger partial charge in [0.2, 0.25) is 5.91 Å². The Labute approximate surface area is 119 Å². The van der Waals surface area contributed by atoms with Crippen LogP contribution in [0.3, 0.4) is 0 Å². The highest BCUT2D eigenvalue weighted by atomic mass is 32.2. The number of rotatable bonds is 3.